The Kier molecular flexibility index (Phi) is 6.58. The Hall–Kier alpha value is -2.18. The zero-order valence-electron chi connectivity index (χ0n) is 12.5. The Labute approximate surface area is 123 Å². The maximum absolute atomic E-state index is 11.9. The van der Waals surface area contributed by atoms with Gasteiger partial charge in [-0.3, -0.25) is 14.4 Å². The van der Waals surface area contributed by atoms with Gasteiger partial charge in [0.05, 0.1) is 31.7 Å². The minimum atomic E-state index is -0.676. The number of ether oxygens (including phenoxy) is 2. The molecule has 1 rings (SSSR count). The predicted octanol–water partition coefficient (Wildman–Crippen LogP) is 0.908. The van der Waals surface area contributed by atoms with Crippen LogP contribution in [0.15, 0.2) is 6.20 Å². The van der Waals surface area contributed by atoms with Crippen LogP contribution in [-0.4, -0.2) is 41.0 Å². The second kappa shape index (κ2) is 8.18. The molecule has 21 heavy (non-hydrogen) atoms. The minimum Gasteiger partial charge on any atom is -0.466 e. The molecule has 1 aromatic heterocycles. The van der Waals surface area contributed by atoms with E-state index in [-0.39, 0.29) is 26.1 Å². The second-order valence-electron chi connectivity index (χ2n) is 4.44. The Balaban J connectivity index is 2.85. The summed E-state index contributed by atoms with van der Waals surface area (Å²) in [6, 6.07) is 0. The van der Waals surface area contributed by atoms with Gasteiger partial charge in [-0.25, -0.2) is 4.98 Å². The molecule has 0 saturated heterocycles. The third-order valence-corrected chi connectivity index (χ3v) is 3.01. The fourth-order valence-electron chi connectivity index (χ4n) is 1.90. The van der Waals surface area contributed by atoms with Crippen molar-refractivity contribution in [3.05, 3.63) is 17.7 Å². The van der Waals surface area contributed by atoms with E-state index in [0.29, 0.717) is 17.8 Å². The number of rotatable bonds is 8. The normalized spacial score (nSPS) is 11.8. The molecule has 1 unspecified atom stereocenters. The summed E-state index contributed by atoms with van der Waals surface area (Å²) in [5, 5.41) is 0. The topological polar surface area (TPSA) is 87.5 Å². The molecule has 0 radical (unpaired) electrons. The summed E-state index contributed by atoms with van der Waals surface area (Å²) in [7, 11) is 1.68. The first-order valence-corrected chi connectivity index (χ1v) is 6.81. The summed E-state index contributed by atoms with van der Waals surface area (Å²) in [5.41, 5.74) is 0.406. The van der Waals surface area contributed by atoms with Gasteiger partial charge in [-0.05, 0) is 13.8 Å². The van der Waals surface area contributed by atoms with Crippen molar-refractivity contribution >= 4 is 18.2 Å². The number of hydrogen-bond donors (Lipinski definition) is 0. The average Bonchev–Trinajstić information content (AvgIpc) is 2.79. The number of carbonyl (C=O) groups excluding carboxylic acids is 3. The third kappa shape index (κ3) is 4.70. The Bertz CT molecular complexity index is 509. The van der Waals surface area contributed by atoms with Crippen molar-refractivity contribution in [3.63, 3.8) is 0 Å². The number of imidazole rings is 1. The van der Waals surface area contributed by atoms with Crippen LogP contribution in [0, 0.1) is 5.92 Å². The highest BCUT2D eigenvalue weighted by atomic mass is 16.5. The SMILES string of the molecule is CCOC(=O)CC(Cc1ncc(C=O)n1C)C(=O)OCC. The van der Waals surface area contributed by atoms with Crippen molar-refractivity contribution in [1.29, 1.82) is 0 Å². The number of nitrogens with zero attached hydrogens (tertiary/aromatic N) is 2. The summed E-state index contributed by atoms with van der Waals surface area (Å²) in [6.45, 7) is 3.89. The van der Waals surface area contributed by atoms with Crippen LogP contribution in [0.2, 0.25) is 0 Å². The van der Waals surface area contributed by atoms with E-state index in [1.165, 1.54) is 6.20 Å². The van der Waals surface area contributed by atoms with Gasteiger partial charge in [0.2, 0.25) is 0 Å². The molecule has 0 aliphatic carbocycles. The molecule has 0 saturated carbocycles. The summed E-state index contributed by atoms with van der Waals surface area (Å²) < 4.78 is 11.4. The van der Waals surface area contributed by atoms with Gasteiger partial charge in [0.1, 0.15) is 11.5 Å². The molecular formula is C14H20N2O5. The molecule has 0 aliphatic heterocycles. The lowest BCUT2D eigenvalue weighted by Gasteiger charge is -2.14. The fourth-order valence-corrected chi connectivity index (χ4v) is 1.90. The smallest absolute Gasteiger partial charge is 0.309 e. The maximum Gasteiger partial charge on any atom is 0.309 e. The van der Waals surface area contributed by atoms with Crippen LogP contribution in [0.3, 0.4) is 0 Å². The monoisotopic (exact) mass is 296 g/mol. The number of aldehydes is 1. The third-order valence-electron chi connectivity index (χ3n) is 3.01. The van der Waals surface area contributed by atoms with Crippen LogP contribution in [0.1, 0.15) is 36.6 Å². The van der Waals surface area contributed by atoms with Gasteiger partial charge in [-0.15, -0.1) is 0 Å². The second-order valence-corrected chi connectivity index (χ2v) is 4.44. The van der Waals surface area contributed by atoms with Crippen molar-refractivity contribution in [2.45, 2.75) is 26.7 Å². The molecule has 0 amide bonds. The van der Waals surface area contributed by atoms with Crippen LogP contribution < -0.4 is 0 Å². The van der Waals surface area contributed by atoms with Crippen LogP contribution in [0.5, 0.6) is 0 Å². The zero-order valence-corrected chi connectivity index (χ0v) is 12.5. The average molecular weight is 296 g/mol. The lowest BCUT2D eigenvalue weighted by Crippen LogP contribution is -2.25. The van der Waals surface area contributed by atoms with E-state index in [4.69, 9.17) is 9.47 Å². The van der Waals surface area contributed by atoms with E-state index >= 15 is 0 Å². The molecule has 0 aliphatic rings. The van der Waals surface area contributed by atoms with Gasteiger partial charge in [-0.1, -0.05) is 0 Å². The highest BCUT2D eigenvalue weighted by molar-refractivity contribution is 5.80. The van der Waals surface area contributed by atoms with Crippen molar-refractivity contribution in [2.75, 3.05) is 13.2 Å². The molecule has 0 spiro atoms. The minimum absolute atomic E-state index is 0.0735. The molecular weight excluding hydrogens is 276 g/mol. The van der Waals surface area contributed by atoms with Crippen LogP contribution in [-0.2, 0) is 32.5 Å². The molecule has 0 fully saturated rings. The Morgan fingerprint density at radius 1 is 1.33 bits per heavy atom. The Morgan fingerprint density at radius 3 is 2.52 bits per heavy atom. The van der Waals surface area contributed by atoms with E-state index in [9.17, 15) is 14.4 Å². The van der Waals surface area contributed by atoms with E-state index < -0.39 is 17.9 Å². The molecule has 116 valence electrons. The van der Waals surface area contributed by atoms with Crippen LogP contribution >= 0.6 is 0 Å². The molecule has 1 aromatic rings. The molecule has 0 N–H and O–H groups in total. The summed E-state index contributed by atoms with van der Waals surface area (Å²) >= 11 is 0. The molecule has 1 atom stereocenters. The van der Waals surface area contributed by atoms with Crippen LogP contribution in [0.4, 0.5) is 0 Å². The first-order chi connectivity index (χ1) is 10.0. The van der Waals surface area contributed by atoms with E-state index in [0.717, 1.165) is 0 Å². The predicted molar refractivity (Wildman–Crippen MR) is 73.7 cm³/mol. The first kappa shape index (κ1) is 16.9. The van der Waals surface area contributed by atoms with Crippen molar-refractivity contribution < 1.29 is 23.9 Å². The van der Waals surface area contributed by atoms with Gasteiger partial charge in [0.15, 0.2) is 6.29 Å². The fraction of sp³-hybridized carbons (Fsp3) is 0.571. The van der Waals surface area contributed by atoms with Gasteiger partial charge in [-0.2, -0.15) is 0 Å². The molecule has 7 heteroatoms. The van der Waals surface area contributed by atoms with E-state index in [1.807, 2.05) is 0 Å². The summed E-state index contributed by atoms with van der Waals surface area (Å²) in [4.78, 5) is 38.4. The van der Waals surface area contributed by atoms with E-state index in [1.54, 1.807) is 25.5 Å². The summed E-state index contributed by atoms with van der Waals surface area (Å²) in [5.74, 6) is -1.06. The number of esters is 2. The van der Waals surface area contributed by atoms with Crippen molar-refractivity contribution in [2.24, 2.45) is 13.0 Å². The van der Waals surface area contributed by atoms with Crippen LogP contribution in [0.25, 0.3) is 0 Å². The number of carbonyl (C=O) groups is 3. The molecule has 0 bridgehead atoms. The molecule has 7 nitrogen and oxygen atoms in total. The van der Waals surface area contributed by atoms with Crippen molar-refractivity contribution in [3.8, 4) is 0 Å². The molecule has 1 heterocycles. The number of hydrogen-bond acceptors (Lipinski definition) is 6. The highest BCUT2D eigenvalue weighted by Gasteiger charge is 2.26. The van der Waals surface area contributed by atoms with Crippen molar-refractivity contribution in [1.82, 2.24) is 9.55 Å². The Morgan fingerprint density at radius 2 is 2.00 bits per heavy atom. The standard InChI is InChI=1S/C14H20N2O5/c1-4-20-13(18)7-10(14(19)21-5-2)6-12-15-8-11(9-17)16(12)3/h8-10H,4-7H2,1-3H3. The number of aromatic nitrogens is 2. The van der Waals surface area contributed by atoms with Gasteiger partial charge >= 0.3 is 11.9 Å². The van der Waals surface area contributed by atoms with Gasteiger partial charge in [0.25, 0.3) is 0 Å². The zero-order chi connectivity index (χ0) is 15.8. The lowest BCUT2D eigenvalue weighted by molar-refractivity contribution is -0.154. The summed E-state index contributed by atoms with van der Waals surface area (Å²) in [6.07, 6.45) is 2.24. The van der Waals surface area contributed by atoms with E-state index in [2.05, 4.69) is 4.98 Å². The quantitative estimate of drug-likeness (QED) is 0.523. The first-order valence-electron chi connectivity index (χ1n) is 6.81. The largest absolute Gasteiger partial charge is 0.466 e. The molecule has 0 aromatic carbocycles. The maximum atomic E-state index is 11.9. The lowest BCUT2D eigenvalue weighted by atomic mass is 10.0. The van der Waals surface area contributed by atoms with Gasteiger partial charge in [0, 0.05) is 13.5 Å². The highest BCUT2D eigenvalue weighted by Crippen LogP contribution is 2.15. The van der Waals surface area contributed by atoms with Gasteiger partial charge < -0.3 is 14.0 Å².